The van der Waals surface area contributed by atoms with Gasteiger partial charge in [-0.3, -0.25) is 0 Å². The molecule has 4 atom stereocenters. The van der Waals surface area contributed by atoms with Gasteiger partial charge in [0.1, 0.15) is 0 Å². The Labute approximate surface area is 160 Å². The lowest BCUT2D eigenvalue weighted by Crippen LogP contribution is -2.45. The van der Waals surface area contributed by atoms with E-state index in [0.29, 0.717) is 12.1 Å². The lowest BCUT2D eigenvalue weighted by atomic mass is 9.91. The number of aryl methyl sites for hydroxylation is 1. The molecule has 28 heavy (non-hydrogen) atoms. The Morgan fingerprint density at radius 2 is 1.64 bits per heavy atom. The molecule has 0 amide bonds. The van der Waals surface area contributed by atoms with E-state index in [1.165, 1.54) is 0 Å². The molecule has 0 heterocycles. The fourth-order valence-corrected chi connectivity index (χ4v) is 4.86. The molecule has 0 unspecified atom stereocenters. The Hall–Kier alpha value is -1.94. The zero-order valence-electron chi connectivity index (χ0n) is 14.9. The van der Waals surface area contributed by atoms with E-state index in [1.807, 2.05) is 19.1 Å². The van der Waals surface area contributed by atoms with Crippen LogP contribution in [0.15, 0.2) is 53.4 Å². The van der Waals surface area contributed by atoms with E-state index in [4.69, 9.17) is 0 Å². The number of halogens is 3. The summed E-state index contributed by atoms with van der Waals surface area (Å²) >= 11 is 0. The fourth-order valence-electron chi connectivity index (χ4n) is 3.57. The Bertz CT molecular complexity index is 944. The molecule has 3 rings (SSSR count). The van der Waals surface area contributed by atoms with Crippen molar-refractivity contribution in [3.05, 3.63) is 65.2 Å². The van der Waals surface area contributed by atoms with Gasteiger partial charge in [0.2, 0.25) is 10.0 Å². The molecule has 152 valence electrons. The van der Waals surface area contributed by atoms with Crippen LogP contribution in [0.3, 0.4) is 0 Å². The molecule has 0 bridgehead atoms. The molecule has 5 nitrogen and oxygen atoms in total. The zero-order chi connectivity index (χ0) is 20.7. The highest BCUT2D eigenvalue weighted by atomic mass is 32.2. The first kappa shape index (κ1) is 20.8. The van der Waals surface area contributed by atoms with Crippen molar-refractivity contribution in [2.24, 2.45) is 0 Å². The number of hydrogen-bond donors (Lipinski definition) is 3. The third-order valence-electron chi connectivity index (χ3n) is 5.06. The zero-order valence-corrected chi connectivity index (χ0v) is 15.7. The Morgan fingerprint density at radius 1 is 1.04 bits per heavy atom. The van der Waals surface area contributed by atoms with Crippen molar-refractivity contribution in [2.75, 3.05) is 0 Å². The summed E-state index contributed by atoms with van der Waals surface area (Å²) in [5.74, 6) is -0.476. The van der Waals surface area contributed by atoms with Crippen LogP contribution in [0.1, 0.15) is 29.0 Å². The predicted octanol–water partition coefficient (Wildman–Crippen LogP) is 2.57. The first-order valence-corrected chi connectivity index (χ1v) is 10.1. The molecule has 1 saturated carbocycles. The monoisotopic (exact) mass is 415 g/mol. The molecule has 9 heteroatoms. The summed E-state index contributed by atoms with van der Waals surface area (Å²) in [7, 11) is -4.20. The van der Waals surface area contributed by atoms with Crippen LogP contribution in [0.25, 0.3) is 0 Å². The molecule has 1 aliphatic carbocycles. The number of nitrogens with one attached hydrogen (secondary N) is 1. The number of benzene rings is 2. The van der Waals surface area contributed by atoms with Gasteiger partial charge >= 0.3 is 6.18 Å². The van der Waals surface area contributed by atoms with Gasteiger partial charge in [0.25, 0.3) is 0 Å². The van der Waals surface area contributed by atoms with Gasteiger partial charge in [0.05, 0.1) is 28.7 Å². The highest BCUT2D eigenvalue weighted by Gasteiger charge is 2.44. The lowest BCUT2D eigenvalue weighted by molar-refractivity contribution is -0.137. The van der Waals surface area contributed by atoms with Crippen LogP contribution in [0.2, 0.25) is 0 Å². The lowest BCUT2D eigenvalue weighted by Gasteiger charge is -2.24. The van der Waals surface area contributed by atoms with Crippen molar-refractivity contribution < 1.29 is 31.8 Å². The first-order valence-electron chi connectivity index (χ1n) is 8.62. The van der Waals surface area contributed by atoms with Crippen molar-refractivity contribution in [3.8, 4) is 0 Å². The van der Waals surface area contributed by atoms with Crippen LogP contribution in [-0.4, -0.2) is 36.9 Å². The maximum Gasteiger partial charge on any atom is 0.416 e. The van der Waals surface area contributed by atoms with E-state index in [-0.39, 0.29) is 11.3 Å². The van der Waals surface area contributed by atoms with Gasteiger partial charge in [-0.1, -0.05) is 24.3 Å². The van der Waals surface area contributed by atoms with E-state index >= 15 is 0 Å². The largest absolute Gasteiger partial charge is 0.416 e. The third-order valence-corrected chi connectivity index (χ3v) is 6.54. The fraction of sp³-hybridized carbons (Fsp3) is 0.368. The number of alkyl halides is 3. The summed E-state index contributed by atoms with van der Waals surface area (Å²) in [5, 5.41) is 20.4. The van der Waals surface area contributed by atoms with Crippen molar-refractivity contribution in [1.82, 2.24) is 4.72 Å². The molecule has 1 aliphatic rings. The summed E-state index contributed by atoms with van der Waals surface area (Å²) in [6.07, 6.45) is -6.87. The molecule has 0 aliphatic heterocycles. The summed E-state index contributed by atoms with van der Waals surface area (Å²) in [4.78, 5) is -0.349. The second-order valence-corrected chi connectivity index (χ2v) is 8.64. The van der Waals surface area contributed by atoms with Crippen molar-refractivity contribution in [1.29, 1.82) is 0 Å². The second-order valence-electron chi connectivity index (χ2n) is 6.93. The Balaban J connectivity index is 1.90. The average molecular weight is 415 g/mol. The van der Waals surface area contributed by atoms with Crippen LogP contribution in [0.4, 0.5) is 13.2 Å². The van der Waals surface area contributed by atoms with Gasteiger partial charge in [-0.2, -0.15) is 13.2 Å². The topological polar surface area (TPSA) is 86.6 Å². The standard InChI is InChI=1S/C19H20F3NO4S/c1-11-4-2-3-5-14(11)15-10-16(24)18(25)17(15)23-28(26,27)13-8-6-12(7-9-13)19(20,21)22/h2-9,15-18,23-25H,10H2,1H3/t15-,16-,17-,18-/m1/s1. The molecule has 0 radical (unpaired) electrons. The SMILES string of the molecule is Cc1ccccc1[C@H]1C[C@@H](O)[C@@H](O)[C@@H]1NS(=O)(=O)c1ccc(C(F)(F)F)cc1. The van der Waals surface area contributed by atoms with E-state index in [0.717, 1.165) is 23.3 Å². The normalized spacial score (nSPS) is 25.8. The number of hydrogen-bond acceptors (Lipinski definition) is 4. The molecular formula is C19H20F3NO4S. The smallest absolute Gasteiger partial charge is 0.390 e. The summed E-state index contributed by atoms with van der Waals surface area (Å²) in [6, 6.07) is 9.34. The quantitative estimate of drug-likeness (QED) is 0.717. The van der Waals surface area contributed by atoms with Gasteiger partial charge in [0, 0.05) is 5.92 Å². The van der Waals surface area contributed by atoms with Crippen LogP contribution in [0.5, 0.6) is 0 Å². The number of aliphatic hydroxyl groups is 2. The highest BCUT2D eigenvalue weighted by Crippen LogP contribution is 2.37. The van der Waals surface area contributed by atoms with Gasteiger partial charge in [-0.25, -0.2) is 13.1 Å². The molecule has 2 aromatic carbocycles. The highest BCUT2D eigenvalue weighted by molar-refractivity contribution is 7.89. The van der Waals surface area contributed by atoms with Crippen LogP contribution in [-0.2, 0) is 16.2 Å². The second kappa shape index (κ2) is 7.47. The minimum Gasteiger partial charge on any atom is -0.390 e. The molecule has 2 aromatic rings. The summed E-state index contributed by atoms with van der Waals surface area (Å²) in [5.41, 5.74) is 0.714. The number of aliphatic hydroxyl groups excluding tert-OH is 2. The molecule has 1 fully saturated rings. The van der Waals surface area contributed by atoms with Gasteiger partial charge in [-0.15, -0.1) is 0 Å². The van der Waals surface area contributed by atoms with Gasteiger partial charge < -0.3 is 10.2 Å². The van der Waals surface area contributed by atoms with Crippen molar-refractivity contribution in [2.45, 2.75) is 48.6 Å². The van der Waals surface area contributed by atoms with Crippen LogP contribution in [0, 0.1) is 6.92 Å². The first-order chi connectivity index (χ1) is 13.0. The summed E-state index contributed by atoms with van der Waals surface area (Å²) in [6.45, 7) is 1.84. The molecule has 0 spiro atoms. The van der Waals surface area contributed by atoms with Crippen molar-refractivity contribution in [3.63, 3.8) is 0 Å². The molecular weight excluding hydrogens is 395 g/mol. The van der Waals surface area contributed by atoms with E-state index in [1.54, 1.807) is 12.1 Å². The number of sulfonamides is 1. The van der Waals surface area contributed by atoms with Crippen LogP contribution >= 0.6 is 0 Å². The minimum absolute atomic E-state index is 0.159. The average Bonchev–Trinajstić information content (AvgIpc) is 2.89. The summed E-state index contributed by atoms with van der Waals surface area (Å²) < 4.78 is 65.8. The van der Waals surface area contributed by atoms with E-state index in [2.05, 4.69) is 4.72 Å². The molecule has 0 saturated heterocycles. The van der Waals surface area contributed by atoms with Gasteiger partial charge in [-0.05, 0) is 48.7 Å². The van der Waals surface area contributed by atoms with Gasteiger partial charge in [0.15, 0.2) is 0 Å². The molecule has 3 N–H and O–H groups in total. The number of rotatable bonds is 4. The van der Waals surface area contributed by atoms with Crippen LogP contribution < -0.4 is 4.72 Å². The minimum atomic E-state index is -4.57. The maximum absolute atomic E-state index is 12.7. The molecule has 0 aromatic heterocycles. The predicted molar refractivity (Wildman–Crippen MR) is 96.1 cm³/mol. The maximum atomic E-state index is 12.7. The third kappa shape index (κ3) is 4.07. The van der Waals surface area contributed by atoms with E-state index in [9.17, 15) is 31.8 Å². The van der Waals surface area contributed by atoms with Crippen molar-refractivity contribution >= 4 is 10.0 Å². The Kier molecular flexibility index (Phi) is 5.55. The Morgan fingerprint density at radius 3 is 2.21 bits per heavy atom. The van der Waals surface area contributed by atoms with E-state index < -0.39 is 45.9 Å².